The van der Waals surface area contributed by atoms with Crippen molar-refractivity contribution < 1.29 is 13.2 Å². The summed E-state index contributed by atoms with van der Waals surface area (Å²) in [5, 5.41) is 10.1. The number of sulfonamides is 1. The Morgan fingerprint density at radius 3 is 2.80 bits per heavy atom. The quantitative estimate of drug-likeness (QED) is 0.641. The predicted octanol–water partition coefficient (Wildman–Crippen LogP) is 0.283. The summed E-state index contributed by atoms with van der Waals surface area (Å²) in [6, 6.07) is 0.214. The van der Waals surface area contributed by atoms with Gasteiger partial charge in [0.05, 0.1) is 18.0 Å². The third kappa shape index (κ3) is 3.78. The highest BCUT2D eigenvalue weighted by atomic mass is 32.2. The summed E-state index contributed by atoms with van der Waals surface area (Å²) in [7, 11) is -2.05. The van der Waals surface area contributed by atoms with E-state index in [2.05, 4.69) is 20.2 Å². The van der Waals surface area contributed by atoms with Gasteiger partial charge in [-0.3, -0.25) is 5.10 Å². The van der Waals surface area contributed by atoms with E-state index < -0.39 is 10.0 Å². The third-order valence-corrected chi connectivity index (χ3v) is 4.93. The van der Waals surface area contributed by atoms with Crippen LogP contribution in [-0.4, -0.2) is 44.4 Å². The fraction of sp³-hybridized carbons (Fsp3) is 0.750. The molecule has 0 amide bonds. The lowest BCUT2D eigenvalue weighted by Crippen LogP contribution is -2.36. The Morgan fingerprint density at radius 2 is 2.20 bits per heavy atom. The molecule has 0 aliphatic heterocycles. The number of aromatic amines is 1. The van der Waals surface area contributed by atoms with E-state index in [4.69, 9.17) is 4.74 Å². The zero-order valence-electron chi connectivity index (χ0n) is 12.1. The largest absolute Gasteiger partial charge is 0.383 e. The summed E-state index contributed by atoms with van der Waals surface area (Å²) in [5.41, 5.74) is 1.08. The highest BCUT2D eigenvalue weighted by Crippen LogP contribution is 2.22. The molecule has 20 heavy (non-hydrogen) atoms. The Balaban J connectivity index is 2.14. The Hall–Kier alpha value is -0.960. The summed E-state index contributed by atoms with van der Waals surface area (Å²) in [6.07, 6.45) is 2.29. The van der Waals surface area contributed by atoms with Crippen LogP contribution in [0.25, 0.3) is 0 Å². The number of aromatic nitrogens is 2. The number of aryl methyl sites for hydroxylation is 1. The number of rotatable bonds is 8. The van der Waals surface area contributed by atoms with Crippen LogP contribution in [0.1, 0.15) is 31.2 Å². The van der Waals surface area contributed by atoms with Crippen LogP contribution in [-0.2, 0) is 21.3 Å². The summed E-state index contributed by atoms with van der Waals surface area (Å²) < 4.78 is 32.4. The number of methoxy groups -OCH3 is 1. The van der Waals surface area contributed by atoms with Crippen molar-refractivity contribution >= 4 is 10.0 Å². The van der Waals surface area contributed by atoms with Gasteiger partial charge in [-0.15, -0.1) is 0 Å². The van der Waals surface area contributed by atoms with E-state index in [1.165, 1.54) is 0 Å². The SMILES string of the molecule is COCC(C)NS(=O)(=O)c1c(CNC2CC2)n[nH]c1C. The summed E-state index contributed by atoms with van der Waals surface area (Å²) in [5.74, 6) is 0. The van der Waals surface area contributed by atoms with E-state index in [1.54, 1.807) is 21.0 Å². The first kappa shape index (κ1) is 15.4. The predicted molar refractivity (Wildman–Crippen MR) is 74.8 cm³/mol. The number of hydrogen-bond acceptors (Lipinski definition) is 5. The van der Waals surface area contributed by atoms with Gasteiger partial charge >= 0.3 is 0 Å². The van der Waals surface area contributed by atoms with Gasteiger partial charge in [-0.1, -0.05) is 0 Å². The van der Waals surface area contributed by atoms with E-state index in [0.29, 0.717) is 30.6 Å². The fourth-order valence-corrected chi connectivity index (χ4v) is 3.67. The lowest BCUT2D eigenvalue weighted by Gasteiger charge is -2.14. The first-order valence-corrected chi connectivity index (χ1v) is 8.21. The van der Waals surface area contributed by atoms with Crippen LogP contribution in [0.4, 0.5) is 0 Å². The molecule has 1 atom stereocenters. The number of H-pyrrole nitrogens is 1. The highest BCUT2D eigenvalue weighted by molar-refractivity contribution is 7.89. The second kappa shape index (κ2) is 6.21. The van der Waals surface area contributed by atoms with E-state index in [1.807, 2.05) is 0 Å². The molecule has 2 rings (SSSR count). The number of hydrogen-bond donors (Lipinski definition) is 3. The molecule has 1 saturated carbocycles. The molecule has 1 heterocycles. The monoisotopic (exact) mass is 302 g/mol. The van der Waals surface area contributed by atoms with Gasteiger partial charge < -0.3 is 10.1 Å². The van der Waals surface area contributed by atoms with Gasteiger partial charge in [0.15, 0.2) is 0 Å². The summed E-state index contributed by atoms with van der Waals surface area (Å²) >= 11 is 0. The minimum atomic E-state index is -3.59. The van der Waals surface area contributed by atoms with Crippen molar-refractivity contribution in [3.63, 3.8) is 0 Å². The molecule has 8 heteroatoms. The first-order valence-electron chi connectivity index (χ1n) is 6.72. The third-order valence-electron chi connectivity index (χ3n) is 3.14. The lowest BCUT2D eigenvalue weighted by molar-refractivity contribution is 0.180. The highest BCUT2D eigenvalue weighted by Gasteiger charge is 2.27. The Kier molecular flexibility index (Phi) is 4.79. The topological polar surface area (TPSA) is 96.1 Å². The molecule has 0 aromatic carbocycles. The molecular formula is C12H22N4O3S. The van der Waals surface area contributed by atoms with Crippen LogP contribution in [0.15, 0.2) is 4.90 Å². The molecule has 7 nitrogen and oxygen atoms in total. The van der Waals surface area contributed by atoms with Crippen molar-refractivity contribution in [1.29, 1.82) is 0 Å². The maximum absolute atomic E-state index is 12.4. The second-order valence-corrected chi connectivity index (χ2v) is 6.91. The average molecular weight is 302 g/mol. The summed E-state index contributed by atoms with van der Waals surface area (Å²) in [4.78, 5) is 0.244. The van der Waals surface area contributed by atoms with Gasteiger partial charge in [0, 0.05) is 25.7 Å². The van der Waals surface area contributed by atoms with Gasteiger partial charge in [0.25, 0.3) is 0 Å². The lowest BCUT2D eigenvalue weighted by atomic mass is 10.3. The molecule has 1 unspecified atom stereocenters. The van der Waals surface area contributed by atoms with Gasteiger partial charge in [-0.25, -0.2) is 13.1 Å². The molecule has 0 radical (unpaired) electrons. The van der Waals surface area contributed by atoms with Gasteiger partial charge in [-0.05, 0) is 26.7 Å². The van der Waals surface area contributed by atoms with Crippen molar-refractivity contribution in [3.05, 3.63) is 11.4 Å². The smallest absolute Gasteiger partial charge is 0.244 e. The maximum atomic E-state index is 12.4. The molecule has 1 fully saturated rings. The van der Waals surface area contributed by atoms with Crippen molar-refractivity contribution in [1.82, 2.24) is 20.2 Å². The number of nitrogens with one attached hydrogen (secondary N) is 3. The zero-order chi connectivity index (χ0) is 14.8. The van der Waals surface area contributed by atoms with E-state index >= 15 is 0 Å². The molecule has 0 bridgehead atoms. The maximum Gasteiger partial charge on any atom is 0.244 e. The van der Waals surface area contributed by atoms with Crippen LogP contribution < -0.4 is 10.0 Å². The molecular weight excluding hydrogens is 280 g/mol. The van der Waals surface area contributed by atoms with Gasteiger partial charge in [-0.2, -0.15) is 5.10 Å². The van der Waals surface area contributed by atoms with Crippen molar-refractivity contribution in [2.75, 3.05) is 13.7 Å². The van der Waals surface area contributed by atoms with Crippen molar-refractivity contribution in [3.8, 4) is 0 Å². The molecule has 3 N–H and O–H groups in total. The van der Waals surface area contributed by atoms with E-state index in [9.17, 15) is 8.42 Å². The van der Waals surface area contributed by atoms with Gasteiger partial charge in [0.1, 0.15) is 4.90 Å². The van der Waals surface area contributed by atoms with Crippen LogP contribution in [0, 0.1) is 6.92 Å². The molecule has 1 aromatic rings. The fourth-order valence-electron chi connectivity index (χ4n) is 2.08. The zero-order valence-corrected chi connectivity index (χ0v) is 12.9. The Labute approximate surface area is 119 Å². The van der Waals surface area contributed by atoms with Gasteiger partial charge in [0.2, 0.25) is 10.0 Å². The number of nitrogens with zero attached hydrogens (tertiary/aromatic N) is 1. The molecule has 114 valence electrons. The Bertz CT molecular complexity index is 551. The standard InChI is InChI=1S/C12H22N4O3S/c1-8(7-19-3)16-20(17,18)12-9(2)14-15-11(12)6-13-10-4-5-10/h8,10,13,16H,4-7H2,1-3H3,(H,14,15). The van der Waals surface area contributed by atoms with Crippen molar-refractivity contribution in [2.24, 2.45) is 0 Å². The van der Waals surface area contributed by atoms with E-state index in [-0.39, 0.29) is 10.9 Å². The molecule has 0 saturated heterocycles. The molecule has 1 aliphatic carbocycles. The second-order valence-electron chi connectivity index (χ2n) is 5.26. The number of ether oxygens (including phenoxy) is 1. The van der Waals surface area contributed by atoms with E-state index in [0.717, 1.165) is 12.8 Å². The molecule has 0 spiro atoms. The average Bonchev–Trinajstić information content (AvgIpc) is 3.09. The summed E-state index contributed by atoms with van der Waals surface area (Å²) in [6.45, 7) is 4.26. The van der Waals surface area contributed by atoms with Crippen molar-refractivity contribution in [2.45, 2.75) is 50.2 Å². The van der Waals surface area contributed by atoms with Crippen LogP contribution in [0.2, 0.25) is 0 Å². The molecule has 1 aromatic heterocycles. The minimum absolute atomic E-state index is 0.244. The van der Waals surface area contributed by atoms with Crippen LogP contribution in [0.5, 0.6) is 0 Å². The molecule has 1 aliphatic rings. The van der Waals surface area contributed by atoms with Crippen LogP contribution >= 0.6 is 0 Å². The normalized spacial score (nSPS) is 17.4. The Morgan fingerprint density at radius 1 is 1.50 bits per heavy atom. The van der Waals surface area contributed by atoms with Crippen LogP contribution in [0.3, 0.4) is 0 Å². The minimum Gasteiger partial charge on any atom is -0.383 e. The first-order chi connectivity index (χ1) is 9.44.